The Kier molecular flexibility index (Phi) is 5.86. The maximum atomic E-state index is 5.61. The molecule has 8 N–H and O–H groups in total. The molecule has 0 aliphatic heterocycles. The van der Waals surface area contributed by atoms with Crippen molar-refractivity contribution in [2.45, 2.75) is 0 Å². The van der Waals surface area contributed by atoms with Gasteiger partial charge in [-0.05, 0) is 59.7 Å². The summed E-state index contributed by atoms with van der Waals surface area (Å²) in [6, 6.07) is 22.6. The summed E-state index contributed by atoms with van der Waals surface area (Å²) in [4.78, 5) is 0. The van der Waals surface area contributed by atoms with Crippen molar-refractivity contribution in [3.63, 3.8) is 0 Å². The van der Waals surface area contributed by atoms with Crippen LogP contribution in [0.2, 0.25) is 0 Å². The van der Waals surface area contributed by atoms with E-state index in [-0.39, 0.29) is 0 Å². The normalized spacial score (nSPS) is 10.2. The van der Waals surface area contributed by atoms with Gasteiger partial charge in [0.05, 0.1) is 0 Å². The third kappa shape index (κ3) is 5.77. The van der Waals surface area contributed by atoms with Crippen LogP contribution in [0.15, 0.2) is 72.8 Å². The molecule has 0 saturated carbocycles. The zero-order valence-electron chi connectivity index (χ0n) is 13.4. The maximum Gasteiger partial charge on any atom is 0.0315 e. The minimum absolute atomic E-state index is 0.749. The van der Waals surface area contributed by atoms with Crippen molar-refractivity contribution in [3.8, 4) is 0 Å². The maximum absolute atomic E-state index is 5.61. The minimum Gasteiger partial charge on any atom is -0.399 e. The second-order valence-corrected chi connectivity index (χ2v) is 5.33. The molecule has 0 unspecified atom stereocenters. The molecular weight excluding hydrogens is 296 g/mol. The molecule has 24 heavy (non-hydrogen) atoms. The molecule has 0 aliphatic rings. The van der Waals surface area contributed by atoms with Crippen molar-refractivity contribution in [2.75, 3.05) is 22.9 Å². The molecule has 3 aromatic carbocycles. The topological polar surface area (TPSA) is 104 Å². The van der Waals surface area contributed by atoms with Crippen LogP contribution >= 0.6 is 0 Å². The molecule has 0 fully saturated rings. The van der Waals surface area contributed by atoms with Gasteiger partial charge in [-0.3, -0.25) is 0 Å². The van der Waals surface area contributed by atoms with Gasteiger partial charge in [0.25, 0.3) is 0 Å². The van der Waals surface area contributed by atoms with Gasteiger partial charge in [-0.2, -0.15) is 0 Å². The fraction of sp³-hybridized carbons (Fsp3) is 0. The van der Waals surface area contributed by atoms with Crippen molar-refractivity contribution >= 4 is 34.9 Å². The summed E-state index contributed by atoms with van der Waals surface area (Å²) < 4.78 is 0. The lowest BCUT2D eigenvalue weighted by Crippen LogP contribution is -1.86. The first-order chi connectivity index (χ1) is 11.5. The molecule has 0 heterocycles. The van der Waals surface area contributed by atoms with Gasteiger partial charge in [-0.1, -0.05) is 36.4 Å². The second-order valence-electron chi connectivity index (χ2n) is 5.33. The van der Waals surface area contributed by atoms with Crippen LogP contribution < -0.4 is 22.9 Å². The number of hydrogen-bond donors (Lipinski definition) is 4. The Morgan fingerprint density at radius 1 is 0.375 bits per heavy atom. The fourth-order valence-corrected chi connectivity index (χ4v) is 1.90. The van der Waals surface area contributed by atoms with Crippen molar-refractivity contribution in [1.29, 1.82) is 0 Å². The Morgan fingerprint density at radius 2 is 0.583 bits per heavy atom. The van der Waals surface area contributed by atoms with Crippen molar-refractivity contribution in [1.82, 2.24) is 0 Å². The fourth-order valence-electron chi connectivity index (χ4n) is 1.90. The van der Waals surface area contributed by atoms with E-state index in [2.05, 4.69) is 0 Å². The Balaban J connectivity index is 0.000000219. The van der Waals surface area contributed by atoms with Crippen LogP contribution in [0, 0.1) is 0 Å². The molecule has 4 heteroatoms. The van der Waals surface area contributed by atoms with Gasteiger partial charge in [-0.15, -0.1) is 0 Å². The van der Waals surface area contributed by atoms with Crippen molar-refractivity contribution < 1.29 is 0 Å². The molecule has 0 amide bonds. The van der Waals surface area contributed by atoms with Crippen LogP contribution in [0.1, 0.15) is 11.1 Å². The Hall–Kier alpha value is -3.40. The standard InChI is InChI=1S/C14H14N2.C6H8N2/c15-13-7-3-11(4-8-13)1-2-12-5-9-14(16)10-6-12;7-5-1-2-6(8)4-3-5/h1-10H,15-16H2;1-4H,7-8H2/b2-1+;. The second kappa shape index (κ2) is 8.29. The first-order valence-electron chi connectivity index (χ1n) is 7.53. The zero-order chi connectivity index (χ0) is 17.4. The highest BCUT2D eigenvalue weighted by molar-refractivity contribution is 5.70. The molecule has 0 atom stereocenters. The summed E-state index contributed by atoms with van der Waals surface area (Å²) >= 11 is 0. The van der Waals surface area contributed by atoms with Crippen LogP contribution in [0.25, 0.3) is 12.2 Å². The molecule has 0 radical (unpaired) electrons. The van der Waals surface area contributed by atoms with E-state index in [1.165, 1.54) is 0 Å². The Labute approximate surface area is 142 Å². The van der Waals surface area contributed by atoms with Gasteiger partial charge in [0.15, 0.2) is 0 Å². The minimum atomic E-state index is 0.749. The number of anilines is 4. The molecule has 0 aromatic heterocycles. The van der Waals surface area contributed by atoms with Gasteiger partial charge < -0.3 is 22.9 Å². The molecule has 0 bridgehead atoms. The van der Waals surface area contributed by atoms with Gasteiger partial charge in [0.1, 0.15) is 0 Å². The van der Waals surface area contributed by atoms with Gasteiger partial charge >= 0.3 is 0 Å². The van der Waals surface area contributed by atoms with Gasteiger partial charge in [0, 0.05) is 22.7 Å². The summed E-state index contributed by atoms with van der Waals surface area (Å²) in [5, 5.41) is 0. The first-order valence-corrected chi connectivity index (χ1v) is 7.53. The van der Waals surface area contributed by atoms with Gasteiger partial charge in [-0.25, -0.2) is 0 Å². The molecule has 3 rings (SSSR count). The SMILES string of the molecule is Nc1ccc(/C=C/c2ccc(N)cc2)cc1.Nc1ccc(N)cc1. The third-order valence-electron chi connectivity index (χ3n) is 3.28. The number of benzene rings is 3. The summed E-state index contributed by atoms with van der Waals surface area (Å²) in [5.41, 5.74) is 27.3. The summed E-state index contributed by atoms with van der Waals surface area (Å²) in [5.74, 6) is 0. The predicted octanol–water partition coefficient (Wildman–Crippen LogP) is 3.87. The number of rotatable bonds is 2. The van der Waals surface area contributed by atoms with E-state index in [1.54, 1.807) is 24.3 Å². The number of hydrogen-bond acceptors (Lipinski definition) is 4. The lowest BCUT2D eigenvalue weighted by molar-refractivity contribution is 1.63. The van der Waals surface area contributed by atoms with E-state index in [9.17, 15) is 0 Å². The molecule has 0 aliphatic carbocycles. The van der Waals surface area contributed by atoms with Crippen LogP contribution in [-0.2, 0) is 0 Å². The average Bonchev–Trinajstić information content (AvgIpc) is 2.59. The van der Waals surface area contributed by atoms with Gasteiger partial charge in [0.2, 0.25) is 0 Å². The van der Waals surface area contributed by atoms with Crippen LogP contribution in [0.4, 0.5) is 22.7 Å². The first kappa shape index (κ1) is 17.0. The van der Waals surface area contributed by atoms with E-state index in [4.69, 9.17) is 22.9 Å². The highest BCUT2D eigenvalue weighted by Gasteiger charge is 1.89. The molecule has 0 saturated heterocycles. The number of nitrogen functional groups attached to an aromatic ring is 4. The smallest absolute Gasteiger partial charge is 0.0315 e. The molecule has 0 spiro atoms. The van der Waals surface area contributed by atoms with E-state index in [1.807, 2.05) is 60.7 Å². The monoisotopic (exact) mass is 318 g/mol. The van der Waals surface area contributed by atoms with Crippen LogP contribution in [-0.4, -0.2) is 0 Å². The predicted molar refractivity (Wildman–Crippen MR) is 106 cm³/mol. The highest BCUT2D eigenvalue weighted by atomic mass is 14.6. The molecule has 4 nitrogen and oxygen atoms in total. The average molecular weight is 318 g/mol. The zero-order valence-corrected chi connectivity index (χ0v) is 13.4. The lowest BCUT2D eigenvalue weighted by Gasteiger charge is -1.96. The molecule has 122 valence electrons. The van der Waals surface area contributed by atoms with Crippen molar-refractivity contribution in [2.24, 2.45) is 0 Å². The summed E-state index contributed by atoms with van der Waals surface area (Å²) in [6.45, 7) is 0. The van der Waals surface area contributed by atoms with E-state index in [0.717, 1.165) is 33.9 Å². The number of nitrogens with two attached hydrogens (primary N) is 4. The molecular formula is C20H22N4. The largest absolute Gasteiger partial charge is 0.399 e. The third-order valence-corrected chi connectivity index (χ3v) is 3.28. The van der Waals surface area contributed by atoms with Crippen LogP contribution in [0.3, 0.4) is 0 Å². The quantitative estimate of drug-likeness (QED) is 0.425. The Morgan fingerprint density at radius 3 is 0.833 bits per heavy atom. The summed E-state index contributed by atoms with van der Waals surface area (Å²) in [6.07, 6.45) is 4.09. The molecule has 3 aromatic rings. The van der Waals surface area contributed by atoms with E-state index in [0.29, 0.717) is 0 Å². The van der Waals surface area contributed by atoms with Crippen molar-refractivity contribution in [3.05, 3.63) is 83.9 Å². The lowest BCUT2D eigenvalue weighted by atomic mass is 10.1. The summed E-state index contributed by atoms with van der Waals surface area (Å²) in [7, 11) is 0. The van der Waals surface area contributed by atoms with E-state index < -0.39 is 0 Å². The van der Waals surface area contributed by atoms with E-state index >= 15 is 0 Å². The van der Waals surface area contributed by atoms with Crippen LogP contribution in [0.5, 0.6) is 0 Å². The Bertz CT molecular complexity index is 705. The highest BCUT2D eigenvalue weighted by Crippen LogP contribution is 2.12.